The van der Waals surface area contributed by atoms with Crippen LogP contribution in [0.1, 0.15) is 0 Å². The zero-order valence-corrected chi connectivity index (χ0v) is 9.89. The minimum atomic E-state index is -5.17. The Morgan fingerprint density at radius 3 is 0.750 bits per heavy atom. The predicted molar refractivity (Wildman–Crippen MR) is 43.4 cm³/mol. The molecule has 0 aromatic rings. The first-order valence-corrected chi connectivity index (χ1v) is 3.10. The molecule has 0 radical (unpaired) electrons. The topological polar surface area (TPSA) is 341 Å². The minimum Gasteiger partial charge on any atom is -0.772 e. The molecule has 0 aromatic heterocycles. The van der Waals surface area contributed by atoms with Crippen molar-refractivity contribution in [3.05, 3.63) is 0 Å². The molecule has 0 saturated carbocycles. The van der Waals surface area contributed by atoms with Crippen LogP contribution < -0.4 is 4.89 Å². The summed E-state index contributed by atoms with van der Waals surface area (Å²) in [6.07, 6.45) is 0. The van der Waals surface area contributed by atoms with Crippen LogP contribution in [0.25, 0.3) is 0 Å². The molecule has 0 fully saturated rings. The summed E-state index contributed by atoms with van der Waals surface area (Å²) < 4.78 is 42.4. The van der Waals surface area contributed by atoms with Gasteiger partial charge in [0.05, 0.1) is 8.69 Å². The molecule has 16 heavy (non-hydrogen) atoms. The van der Waals surface area contributed by atoms with E-state index in [1.807, 2.05) is 0 Å². The van der Waals surface area contributed by atoms with E-state index in [0.29, 0.717) is 0 Å². The van der Waals surface area contributed by atoms with Gasteiger partial charge in [-0.3, -0.25) is 13.0 Å². The quantitative estimate of drug-likeness (QED) is 0.233. The average Bonchev–Trinajstić information content (AvgIpc) is 1.27. The summed E-state index contributed by atoms with van der Waals surface area (Å²) in [5, 5.41) is 0. The molecule has 16 heteroatoms. The maximum Gasteiger partial charge on any atom is 3.00 e. The van der Waals surface area contributed by atoms with Gasteiger partial charge < -0.3 is 52.3 Å². The third-order valence-corrected chi connectivity index (χ3v) is 0. The molecule has 0 unspecified atom stereocenters. The van der Waals surface area contributed by atoms with Crippen molar-refractivity contribution >= 4 is 19.1 Å². The van der Waals surface area contributed by atoms with Crippen molar-refractivity contribution < 1.29 is 82.1 Å². The van der Waals surface area contributed by atoms with Gasteiger partial charge in [-0.25, -0.2) is 0 Å². The van der Waals surface area contributed by atoms with Crippen LogP contribution in [-0.2, 0) is 31.7 Å². The Bertz CT molecular complexity index is 130. The van der Waals surface area contributed by atoms with Gasteiger partial charge in [-0.2, -0.15) is 0 Å². The van der Waals surface area contributed by atoms with E-state index in [1.165, 1.54) is 0 Å². The van der Waals surface area contributed by atoms with Crippen LogP contribution in [0.4, 0.5) is 0 Å². The third kappa shape index (κ3) is 100000. The summed E-state index contributed by atoms with van der Waals surface area (Å²) >= 11 is 0. The maximum atomic E-state index is 8.52. The monoisotopic (exact) mass is 344 g/mol. The summed E-state index contributed by atoms with van der Waals surface area (Å²) in [6.45, 7) is 0. The Morgan fingerprint density at radius 2 is 0.750 bits per heavy atom. The second kappa shape index (κ2) is 59.3. The second-order valence-electron chi connectivity index (χ2n) is 0.483. The van der Waals surface area contributed by atoms with Crippen molar-refractivity contribution in [3.8, 4) is 0 Å². The van der Waals surface area contributed by atoms with Crippen LogP contribution in [0, 0.1) is 0 Å². The summed E-state index contributed by atoms with van der Waals surface area (Å²) in [5.41, 5.74) is 0. The summed E-state index contributed by atoms with van der Waals surface area (Å²) in [7, 11) is -6.25. The van der Waals surface area contributed by atoms with Crippen LogP contribution in [0.2, 0.25) is 0 Å². The predicted octanol–water partition coefficient (Wildman–Crippen LogP) is -7.56. The standard InChI is InChI=1S/Co.H2O4S.HO2P.7H2O/c;1-5(2,3)4;1-3-2;;;;;;;/h;(H2,1,2,3,4);(H,1,2);7*1H2/q+3;;;;;;;;;/p-3. The van der Waals surface area contributed by atoms with Gasteiger partial charge in [0.15, 0.2) is 0 Å². The second-order valence-corrected chi connectivity index (χ2v) is 1.45. The van der Waals surface area contributed by atoms with E-state index >= 15 is 0 Å². The Balaban J connectivity index is -0.00000000388. The van der Waals surface area contributed by atoms with Crippen molar-refractivity contribution in [2.24, 2.45) is 0 Å². The average molecular weight is 344 g/mol. The Morgan fingerprint density at radius 1 is 0.750 bits per heavy atom. The molecular formula is H14CoO13PS. The van der Waals surface area contributed by atoms with E-state index in [1.54, 1.807) is 0 Å². The molecule has 0 spiro atoms. The summed E-state index contributed by atoms with van der Waals surface area (Å²) in [5.74, 6) is 0. The largest absolute Gasteiger partial charge is 3.00 e. The van der Waals surface area contributed by atoms with E-state index in [9.17, 15) is 0 Å². The SMILES string of the molecule is O.O.O.O.O.O.O.O=P[O-].O=S(=O)([O-])[O-].[Co+3]. The Labute approximate surface area is 102 Å². The van der Waals surface area contributed by atoms with Crippen molar-refractivity contribution in [1.82, 2.24) is 0 Å². The van der Waals surface area contributed by atoms with Crippen molar-refractivity contribution in [1.29, 1.82) is 0 Å². The summed E-state index contributed by atoms with van der Waals surface area (Å²) in [4.78, 5) is 8.35. The van der Waals surface area contributed by atoms with Crippen LogP contribution in [0.5, 0.6) is 0 Å². The zero-order valence-electron chi connectivity index (χ0n) is 7.14. The molecule has 112 valence electrons. The van der Waals surface area contributed by atoms with E-state index in [-0.39, 0.29) is 55.1 Å². The van der Waals surface area contributed by atoms with Gasteiger partial charge in [-0.05, 0) is 0 Å². The van der Waals surface area contributed by atoms with Crippen LogP contribution in [-0.4, -0.2) is 55.9 Å². The maximum absolute atomic E-state index is 8.52. The van der Waals surface area contributed by atoms with Gasteiger partial charge >= 0.3 is 16.8 Å². The van der Waals surface area contributed by atoms with Crippen LogP contribution in [0.3, 0.4) is 0 Å². The molecule has 0 amide bonds. The first-order chi connectivity index (χ1) is 3.41. The van der Waals surface area contributed by atoms with E-state index in [2.05, 4.69) is 0 Å². The van der Waals surface area contributed by atoms with Gasteiger partial charge in [-0.1, -0.05) is 0 Å². The van der Waals surface area contributed by atoms with Crippen molar-refractivity contribution in [2.45, 2.75) is 0 Å². The minimum absolute atomic E-state index is 0. The molecule has 0 saturated heterocycles. The van der Waals surface area contributed by atoms with E-state index in [4.69, 9.17) is 27.0 Å². The molecule has 0 heterocycles. The smallest absolute Gasteiger partial charge is 0.772 e. The van der Waals surface area contributed by atoms with Gasteiger partial charge in [0.2, 0.25) is 0 Å². The fourth-order valence-electron chi connectivity index (χ4n) is 0. The van der Waals surface area contributed by atoms with Gasteiger partial charge in [0.1, 0.15) is 0 Å². The fourth-order valence-corrected chi connectivity index (χ4v) is 0. The van der Waals surface area contributed by atoms with E-state index < -0.39 is 19.1 Å². The fraction of sp³-hybridized carbons (Fsp3) is 0. The van der Waals surface area contributed by atoms with Gasteiger partial charge in [0.25, 0.3) is 0 Å². The first kappa shape index (κ1) is 97.9. The Kier molecular flexibility index (Phi) is 363. The normalized spacial score (nSPS) is 4.94. The van der Waals surface area contributed by atoms with Crippen molar-refractivity contribution in [2.75, 3.05) is 0 Å². The molecule has 0 aromatic carbocycles. The van der Waals surface area contributed by atoms with E-state index in [0.717, 1.165) is 0 Å². The van der Waals surface area contributed by atoms with Crippen LogP contribution in [0.15, 0.2) is 0 Å². The van der Waals surface area contributed by atoms with Crippen LogP contribution >= 0.6 is 8.69 Å². The third-order valence-electron chi connectivity index (χ3n) is 0. The number of rotatable bonds is 0. The summed E-state index contributed by atoms with van der Waals surface area (Å²) in [6, 6.07) is 0. The van der Waals surface area contributed by atoms with Crippen molar-refractivity contribution in [3.63, 3.8) is 0 Å². The molecule has 0 aliphatic rings. The van der Waals surface area contributed by atoms with Gasteiger partial charge in [0, 0.05) is 10.4 Å². The molecule has 14 N–H and O–H groups in total. The molecular weight excluding hydrogens is 330 g/mol. The molecule has 13 nitrogen and oxygen atoms in total. The first-order valence-electron chi connectivity index (χ1n) is 1.03. The van der Waals surface area contributed by atoms with Gasteiger partial charge in [-0.15, -0.1) is 0 Å². The molecule has 0 rings (SSSR count). The Hall–Kier alpha value is 0.156. The number of hydrogen-bond acceptors (Lipinski definition) is 6. The molecule has 0 atom stereocenters. The zero-order chi connectivity index (χ0) is 7.21. The number of hydrogen-bond donors (Lipinski definition) is 0. The molecule has 0 aliphatic carbocycles. The molecule has 0 bridgehead atoms. The molecule has 0 aliphatic heterocycles.